The number of nitrogens with one attached hydrogen (secondary N) is 2. The lowest BCUT2D eigenvalue weighted by molar-refractivity contribution is -0.126. The van der Waals surface area contributed by atoms with Gasteiger partial charge >= 0.3 is 0 Å². The molecular weight excluding hydrogens is 504 g/mol. The van der Waals surface area contributed by atoms with Crippen molar-refractivity contribution in [2.75, 3.05) is 6.61 Å². The molecule has 0 aromatic heterocycles. The second kappa shape index (κ2) is 11.8. The van der Waals surface area contributed by atoms with E-state index < -0.39 is 11.6 Å². The summed E-state index contributed by atoms with van der Waals surface area (Å²) in [6.45, 7) is 12.9. The normalized spacial score (nSPS) is 15.9. The van der Waals surface area contributed by atoms with Crippen LogP contribution in [0.25, 0.3) is 5.70 Å². The van der Waals surface area contributed by atoms with Crippen molar-refractivity contribution in [1.82, 2.24) is 15.5 Å². The Balaban J connectivity index is 1.83. The minimum Gasteiger partial charge on any atom is -0.508 e. The number of nitrogens with zero attached hydrogens (tertiary/aromatic N) is 2. The van der Waals surface area contributed by atoms with Gasteiger partial charge in [-0.3, -0.25) is 9.59 Å². The van der Waals surface area contributed by atoms with Crippen molar-refractivity contribution in [1.29, 1.82) is 0 Å². The Morgan fingerprint density at radius 1 is 1.26 bits per heavy atom. The van der Waals surface area contributed by atoms with Crippen LogP contribution in [0.15, 0.2) is 65.1 Å². The van der Waals surface area contributed by atoms with Gasteiger partial charge in [0.25, 0.3) is 5.91 Å². The van der Waals surface area contributed by atoms with Gasteiger partial charge in [0, 0.05) is 23.7 Å². The van der Waals surface area contributed by atoms with Crippen molar-refractivity contribution in [3.63, 3.8) is 0 Å². The predicted octanol–water partition coefficient (Wildman–Crippen LogP) is 4.27. The summed E-state index contributed by atoms with van der Waals surface area (Å²) in [6, 6.07) is 11.2. The molecule has 1 aliphatic rings. The molecule has 0 unspecified atom stereocenters. The van der Waals surface area contributed by atoms with E-state index in [0.29, 0.717) is 34.2 Å². The number of phenols is 1. The van der Waals surface area contributed by atoms with Gasteiger partial charge in [0.1, 0.15) is 11.8 Å². The van der Waals surface area contributed by atoms with E-state index in [1.54, 1.807) is 38.1 Å². The molecule has 0 aliphatic carbocycles. The Kier molecular flexibility index (Phi) is 9.01. The summed E-state index contributed by atoms with van der Waals surface area (Å²) < 4.78 is 0. The van der Waals surface area contributed by atoms with Crippen LogP contribution in [0.2, 0.25) is 0 Å². The van der Waals surface area contributed by atoms with Crippen LogP contribution in [0.3, 0.4) is 0 Å². The molecule has 0 saturated heterocycles. The van der Waals surface area contributed by atoms with Gasteiger partial charge < -0.3 is 25.7 Å². The van der Waals surface area contributed by atoms with Gasteiger partial charge in [-0.05, 0) is 70.0 Å². The molecule has 0 radical (unpaired) electrons. The fraction of sp³-hybridized carbons (Fsp3) is 0.345. The van der Waals surface area contributed by atoms with Crippen LogP contribution >= 0.6 is 11.6 Å². The van der Waals surface area contributed by atoms with Gasteiger partial charge in [0.15, 0.2) is 0 Å². The number of phenolic OH excluding ortho intramolecular Hbond substituents is 1. The predicted molar refractivity (Wildman–Crippen MR) is 151 cm³/mol. The van der Waals surface area contributed by atoms with Crippen LogP contribution < -0.4 is 10.6 Å². The number of aliphatic imine (C=N–C) groups is 1. The minimum atomic E-state index is -0.759. The van der Waals surface area contributed by atoms with Crippen LogP contribution in [0.4, 0.5) is 0 Å². The number of aromatic hydroxyl groups is 1. The average molecular weight is 539 g/mol. The SMILES string of the molecule is C=C/C(Cl)=C(\N=C(/C)N[C@@H](C)CO)c1ccc2c(c1)C(=O)N([C@H](C)C(=O)NC(C)(C)c1cccc(O)c1)C2. The molecule has 1 heterocycles. The molecule has 2 atom stereocenters. The lowest BCUT2D eigenvalue weighted by Crippen LogP contribution is -2.51. The Morgan fingerprint density at radius 2 is 1.97 bits per heavy atom. The highest BCUT2D eigenvalue weighted by molar-refractivity contribution is 6.34. The van der Waals surface area contributed by atoms with Crippen molar-refractivity contribution in [3.05, 3.63) is 82.4 Å². The summed E-state index contributed by atoms with van der Waals surface area (Å²) in [5, 5.41) is 25.5. The molecule has 1 aliphatic heterocycles. The van der Waals surface area contributed by atoms with E-state index in [-0.39, 0.29) is 30.2 Å². The number of allylic oxidation sites excluding steroid dienone is 2. The molecule has 0 spiro atoms. The molecule has 0 fully saturated rings. The number of amides is 2. The summed E-state index contributed by atoms with van der Waals surface area (Å²) in [5.41, 5.74) is 2.33. The molecule has 8 nitrogen and oxygen atoms in total. The van der Waals surface area contributed by atoms with Crippen molar-refractivity contribution < 1.29 is 19.8 Å². The third kappa shape index (κ3) is 6.44. The van der Waals surface area contributed by atoms with Crippen molar-refractivity contribution in [2.45, 2.75) is 58.8 Å². The molecule has 2 aromatic carbocycles. The van der Waals surface area contributed by atoms with Crippen molar-refractivity contribution >= 4 is 34.9 Å². The highest BCUT2D eigenvalue weighted by Gasteiger charge is 2.36. The number of aliphatic hydroxyl groups is 1. The number of benzene rings is 2. The van der Waals surface area contributed by atoms with E-state index in [4.69, 9.17) is 11.6 Å². The van der Waals surface area contributed by atoms with E-state index in [9.17, 15) is 19.8 Å². The first-order valence-electron chi connectivity index (χ1n) is 12.4. The fourth-order valence-electron chi connectivity index (χ4n) is 4.26. The van der Waals surface area contributed by atoms with E-state index in [1.807, 2.05) is 39.0 Å². The summed E-state index contributed by atoms with van der Waals surface area (Å²) in [6.07, 6.45) is 1.48. The Bertz CT molecular complexity index is 1300. The number of halogens is 1. The number of hydrogen-bond donors (Lipinski definition) is 4. The summed E-state index contributed by atoms with van der Waals surface area (Å²) in [4.78, 5) is 32.7. The number of hydrogen-bond acceptors (Lipinski definition) is 5. The highest BCUT2D eigenvalue weighted by Crippen LogP contribution is 2.31. The summed E-state index contributed by atoms with van der Waals surface area (Å²) in [7, 11) is 0. The van der Waals surface area contributed by atoms with Crippen LogP contribution in [0, 0.1) is 0 Å². The van der Waals surface area contributed by atoms with Crippen LogP contribution in [0.1, 0.15) is 61.7 Å². The topological polar surface area (TPSA) is 114 Å². The molecule has 38 heavy (non-hydrogen) atoms. The quantitative estimate of drug-likeness (QED) is 0.216. The molecule has 0 saturated carbocycles. The molecular formula is C29H35ClN4O4. The zero-order valence-electron chi connectivity index (χ0n) is 22.4. The smallest absolute Gasteiger partial charge is 0.255 e. The molecule has 2 amide bonds. The molecule has 4 N–H and O–H groups in total. The number of carbonyl (C=O) groups excluding carboxylic acids is 2. The number of rotatable bonds is 9. The van der Waals surface area contributed by atoms with E-state index in [1.165, 1.54) is 11.0 Å². The van der Waals surface area contributed by atoms with Crippen LogP contribution in [0.5, 0.6) is 5.75 Å². The number of fused-ring (bicyclic) bond motifs is 1. The van der Waals surface area contributed by atoms with Gasteiger partial charge in [0.2, 0.25) is 5.91 Å². The summed E-state index contributed by atoms with van der Waals surface area (Å²) in [5.74, 6) is 0.0949. The molecule has 202 valence electrons. The Morgan fingerprint density at radius 3 is 2.61 bits per heavy atom. The maximum Gasteiger partial charge on any atom is 0.255 e. The molecule has 0 bridgehead atoms. The Labute approximate surface area is 228 Å². The third-order valence-electron chi connectivity index (χ3n) is 6.48. The second-order valence-corrected chi connectivity index (χ2v) is 10.4. The van der Waals surface area contributed by atoms with E-state index in [2.05, 4.69) is 22.2 Å². The lowest BCUT2D eigenvalue weighted by atomic mass is 9.93. The van der Waals surface area contributed by atoms with Gasteiger partial charge in [-0.15, -0.1) is 0 Å². The number of aliphatic hydroxyl groups excluding tert-OH is 1. The highest BCUT2D eigenvalue weighted by atomic mass is 35.5. The lowest BCUT2D eigenvalue weighted by Gasteiger charge is -2.31. The molecule has 9 heteroatoms. The Hall–Kier alpha value is -3.62. The van der Waals surface area contributed by atoms with Crippen molar-refractivity contribution in [3.8, 4) is 5.75 Å². The number of carbonyl (C=O) groups is 2. The zero-order valence-corrected chi connectivity index (χ0v) is 23.1. The van der Waals surface area contributed by atoms with Gasteiger partial charge in [-0.1, -0.05) is 42.4 Å². The van der Waals surface area contributed by atoms with Crippen LogP contribution in [-0.2, 0) is 16.9 Å². The number of amidine groups is 1. The maximum absolute atomic E-state index is 13.4. The monoisotopic (exact) mass is 538 g/mol. The van der Waals surface area contributed by atoms with Crippen molar-refractivity contribution in [2.24, 2.45) is 4.99 Å². The summed E-state index contributed by atoms with van der Waals surface area (Å²) >= 11 is 6.42. The average Bonchev–Trinajstić information content (AvgIpc) is 3.21. The third-order valence-corrected chi connectivity index (χ3v) is 6.81. The molecule has 2 aromatic rings. The second-order valence-electron chi connectivity index (χ2n) is 9.97. The first-order chi connectivity index (χ1) is 17.9. The van der Waals surface area contributed by atoms with Gasteiger partial charge in [0.05, 0.1) is 28.7 Å². The zero-order chi connectivity index (χ0) is 28.2. The first-order valence-corrected chi connectivity index (χ1v) is 12.8. The van der Waals surface area contributed by atoms with E-state index >= 15 is 0 Å². The maximum atomic E-state index is 13.4. The van der Waals surface area contributed by atoms with Gasteiger partial charge in [-0.25, -0.2) is 4.99 Å². The standard InChI is InChI=1S/C29H35ClN4O4/c1-7-25(30)26(32-19(4)31-17(2)16-35)20-11-12-21-15-34(28(38)24(21)13-20)18(3)27(37)33-29(5,6)22-9-8-10-23(36)14-22/h7-14,17-18,35-36H,1,15-16H2,2-6H3,(H,31,32)(H,33,37)/b26-25+/t17-,18+/m0/s1. The minimum absolute atomic E-state index is 0.0545. The van der Waals surface area contributed by atoms with Crippen LogP contribution in [-0.4, -0.2) is 51.5 Å². The largest absolute Gasteiger partial charge is 0.508 e. The van der Waals surface area contributed by atoms with E-state index in [0.717, 1.165) is 11.1 Å². The molecule has 3 rings (SSSR count). The van der Waals surface area contributed by atoms with Gasteiger partial charge in [-0.2, -0.15) is 0 Å². The first kappa shape index (κ1) is 28.9. The fourth-order valence-corrected chi connectivity index (χ4v) is 4.41.